The van der Waals surface area contributed by atoms with E-state index in [0.717, 1.165) is 6.42 Å². The third-order valence-corrected chi connectivity index (χ3v) is 1.84. The van der Waals surface area contributed by atoms with Crippen LogP contribution in [0.1, 0.15) is 30.5 Å². The van der Waals surface area contributed by atoms with Crippen LogP contribution in [0.5, 0.6) is 0 Å². The molecule has 0 aliphatic rings. The Morgan fingerprint density at radius 3 is 1.92 bits per heavy atom. The Labute approximate surface area is 75.6 Å². The molecule has 0 saturated carbocycles. The van der Waals surface area contributed by atoms with E-state index in [4.69, 9.17) is 0 Å². The van der Waals surface area contributed by atoms with Crippen LogP contribution in [0.15, 0.2) is 18.2 Å². The molecule has 0 aromatic heterocycles. The quantitative estimate of drug-likeness (QED) is 0.623. The summed E-state index contributed by atoms with van der Waals surface area (Å²) in [5, 5.41) is 0. The van der Waals surface area contributed by atoms with E-state index in [0.29, 0.717) is 0 Å². The Morgan fingerprint density at radius 2 is 1.50 bits per heavy atom. The fourth-order valence-electron chi connectivity index (χ4n) is 1.58. The predicted molar refractivity (Wildman–Crippen MR) is 54.2 cm³/mol. The van der Waals surface area contributed by atoms with Gasteiger partial charge in [0.2, 0.25) is 0 Å². The fraction of sp³-hybridized carbons (Fsp3) is 0.417. The zero-order valence-corrected chi connectivity index (χ0v) is 8.44. The molecule has 0 saturated heterocycles. The van der Waals surface area contributed by atoms with Crippen molar-refractivity contribution in [3.63, 3.8) is 0 Å². The predicted octanol–water partition coefficient (Wildman–Crippen LogP) is 3.46. The van der Waals surface area contributed by atoms with E-state index in [1.54, 1.807) is 0 Å². The van der Waals surface area contributed by atoms with Crippen LogP contribution >= 0.6 is 0 Å². The molecule has 0 spiro atoms. The summed E-state index contributed by atoms with van der Waals surface area (Å²) in [6, 6.07) is 6.74. The maximum Gasteiger partial charge on any atom is -0.0222 e. The first kappa shape index (κ1) is 9.31. The molecule has 65 valence electrons. The highest BCUT2D eigenvalue weighted by Crippen LogP contribution is 2.13. The minimum Gasteiger partial charge on any atom is -0.0591 e. The van der Waals surface area contributed by atoms with Crippen molar-refractivity contribution >= 4 is 0 Å². The van der Waals surface area contributed by atoms with Crippen LogP contribution in [0.2, 0.25) is 0 Å². The second-order valence-electron chi connectivity index (χ2n) is 3.88. The van der Waals surface area contributed by atoms with Crippen LogP contribution in [0.3, 0.4) is 0 Å². The number of hydrogen-bond acceptors (Lipinski definition) is 0. The monoisotopic (exact) mass is 161 g/mol. The van der Waals surface area contributed by atoms with Gasteiger partial charge in [-0.25, -0.2) is 0 Å². The lowest BCUT2D eigenvalue weighted by Gasteiger charge is -2.06. The Bertz CT molecular complexity index is 238. The van der Waals surface area contributed by atoms with E-state index < -0.39 is 0 Å². The minimum absolute atomic E-state index is 1.11. The topological polar surface area (TPSA) is 0 Å². The second-order valence-corrected chi connectivity index (χ2v) is 3.88. The molecule has 0 nitrogen and oxygen atoms in total. The molecule has 1 aromatic rings. The van der Waals surface area contributed by atoms with Crippen LogP contribution < -0.4 is 0 Å². The van der Waals surface area contributed by atoms with Crippen molar-refractivity contribution in [2.75, 3.05) is 0 Å². The van der Waals surface area contributed by atoms with Crippen molar-refractivity contribution in [1.82, 2.24) is 0 Å². The maximum absolute atomic E-state index is 2.26. The van der Waals surface area contributed by atoms with Gasteiger partial charge < -0.3 is 0 Å². The highest BCUT2D eigenvalue weighted by molar-refractivity contribution is 5.29. The largest absolute Gasteiger partial charge is 0.0591 e. The van der Waals surface area contributed by atoms with Gasteiger partial charge in [0.1, 0.15) is 0 Å². The fourth-order valence-corrected chi connectivity index (χ4v) is 1.58. The van der Waals surface area contributed by atoms with Gasteiger partial charge in [0, 0.05) is 0 Å². The van der Waals surface area contributed by atoms with Gasteiger partial charge in [-0.05, 0) is 31.7 Å². The van der Waals surface area contributed by atoms with Crippen molar-refractivity contribution in [3.05, 3.63) is 40.8 Å². The van der Waals surface area contributed by atoms with Crippen LogP contribution in [-0.2, 0) is 6.42 Å². The minimum atomic E-state index is 1.11. The van der Waals surface area contributed by atoms with Crippen molar-refractivity contribution in [1.29, 1.82) is 0 Å². The molecule has 0 atom stereocenters. The summed E-state index contributed by atoms with van der Waals surface area (Å²) in [4.78, 5) is 0. The van der Waals surface area contributed by atoms with Crippen molar-refractivity contribution in [3.8, 4) is 0 Å². The van der Waals surface area contributed by atoms with Gasteiger partial charge in [-0.3, -0.25) is 0 Å². The van der Waals surface area contributed by atoms with Gasteiger partial charge in [0.05, 0.1) is 0 Å². The summed E-state index contributed by atoms with van der Waals surface area (Å²) in [5.41, 5.74) is 4.17. The molecule has 1 radical (unpaired) electrons. The lowest BCUT2D eigenvalue weighted by molar-refractivity contribution is 0.953. The normalized spacial score (nSPS) is 10.8. The molecule has 0 fully saturated rings. The van der Waals surface area contributed by atoms with E-state index in [1.165, 1.54) is 22.6 Å². The van der Waals surface area contributed by atoms with Crippen LogP contribution in [0.25, 0.3) is 0 Å². The van der Waals surface area contributed by atoms with Gasteiger partial charge in [-0.1, -0.05) is 43.2 Å². The van der Waals surface area contributed by atoms with E-state index in [1.807, 2.05) is 0 Å². The van der Waals surface area contributed by atoms with E-state index >= 15 is 0 Å². The van der Waals surface area contributed by atoms with E-state index in [-0.39, 0.29) is 0 Å². The lowest BCUT2D eigenvalue weighted by atomic mass is 9.99. The average molecular weight is 161 g/mol. The zero-order chi connectivity index (χ0) is 9.14. The first-order valence-corrected chi connectivity index (χ1v) is 4.44. The Balaban J connectivity index is 2.85. The summed E-state index contributed by atoms with van der Waals surface area (Å²) in [5.74, 6) is 1.47. The number of benzene rings is 1. The maximum atomic E-state index is 2.26. The molecule has 0 bridgehead atoms. The molecule has 0 aliphatic carbocycles. The zero-order valence-electron chi connectivity index (χ0n) is 8.44. The molecule has 0 unspecified atom stereocenters. The van der Waals surface area contributed by atoms with Crippen LogP contribution in [-0.4, -0.2) is 0 Å². The summed E-state index contributed by atoms with van der Waals surface area (Å²) < 4.78 is 0. The van der Waals surface area contributed by atoms with Gasteiger partial charge in [-0.2, -0.15) is 0 Å². The smallest absolute Gasteiger partial charge is 0.0222 e. The second kappa shape index (κ2) is 3.75. The Kier molecular flexibility index (Phi) is 2.91. The molecule has 0 heterocycles. The molecule has 0 N–H and O–H groups in total. The SMILES string of the molecule is C[C](C)Cc1cc(C)cc(C)c1. The Morgan fingerprint density at radius 1 is 1.00 bits per heavy atom. The molecule has 1 rings (SSSR count). The highest BCUT2D eigenvalue weighted by Gasteiger charge is 1.99. The van der Waals surface area contributed by atoms with E-state index in [2.05, 4.69) is 45.9 Å². The summed E-state index contributed by atoms with van der Waals surface area (Å²) in [7, 11) is 0. The third kappa shape index (κ3) is 2.69. The molecule has 1 aromatic carbocycles. The summed E-state index contributed by atoms with van der Waals surface area (Å²) >= 11 is 0. The molecular weight excluding hydrogens is 144 g/mol. The molecule has 0 amide bonds. The van der Waals surface area contributed by atoms with Gasteiger partial charge >= 0.3 is 0 Å². The van der Waals surface area contributed by atoms with Crippen molar-refractivity contribution in [2.24, 2.45) is 0 Å². The lowest BCUT2D eigenvalue weighted by Crippen LogP contribution is -1.93. The van der Waals surface area contributed by atoms with E-state index in [9.17, 15) is 0 Å². The number of aryl methyl sites for hydroxylation is 2. The van der Waals surface area contributed by atoms with Crippen molar-refractivity contribution in [2.45, 2.75) is 34.1 Å². The van der Waals surface area contributed by atoms with Gasteiger partial charge in [0.25, 0.3) is 0 Å². The standard InChI is InChI=1S/C12H17/c1-9(2)5-12-7-10(3)6-11(4)8-12/h6-8H,5H2,1-4H3. The molecular formula is C12H17. The molecule has 0 aliphatic heterocycles. The molecule has 0 heteroatoms. The summed E-state index contributed by atoms with van der Waals surface area (Å²) in [6.07, 6.45) is 1.11. The Hall–Kier alpha value is -0.780. The van der Waals surface area contributed by atoms with Gasteiger partial charge in [-0.15, -0.1) is 0 Å². The first-order chi connectivity index (χ1) is 5.58. The van der Waals surface area contributed by atoms with Crippen LogP contribution in [0.4, 0.5) is 0 Å². The highest BCUT2D eigenvalue weighted by atomic mass is 14.0. The molecule has 12 heavy (non-hydrogen) atoms. The number of hydrogen-bond donors (Lipinski definition) is 0. The van der Waals surface area contributed by atoms with Crippen LogP contribution in [0, 0.1) is 19.8 Å². The van der Waals surface area contributed by atoms with Gasteiger partial charge in [0.15, 0.2) is 0 Å². The summed E-state index contributed by atoms with van der Waals surface area (Å²) in [6.45, 7) is 8.66. The number of rotatable bonds is 2. The first-order valence-electron chi connectivity index (χ1n) is 4.44. The third-order valence-electron chi connectivity index (χ3n) is 1.84. The van der Waals surface area contributed by atoms with Crippen molar-refractivity contribution < 1.29 is 0 Å². The average Bonchev–Trinajstić information content (AvgIpc) is 1.81.